The van der Waals surface area contributed by atoms with Gasteiger partial charge in [-0.05, 0) is 54.6 Å². The zero-order chi connectivity index (χ0) is 32.9. The van der Waals surface area contributed by atoms with Gasteiger partial charge in [0.15, 0.2) is 17.5 Å². The van der Waals surface area contributed by atoms with Gasteiger partial charge < -0.3 is 4.57 Å². The predicted molar refractivity (Wildman–Crippen MR) is 165 cm³/mol. The second kappa shape index (κ2) is 11.1. The number of hydrogen-bond acceptors (Lipinski definition) is 4. The van der Waals surface area contributed by atoms with Crippen LogP contribution in [0.3, 0.4) is 0 Å². The fourth-order valence-electron chi connectivity index (χ4n) is 5.54. The average molecular weight is 636 g/mol. The van der Waals surface area contributed by atoms with Crippen LogP contribution in [-0.4, -0.2) is 19.5 Å². The van der Waals surface area contributed by atoms with Crippen LogP contribution in [0.1, 0.15) is 16.7 Å². The number of fused-ring (bicyclic) bond motifs is 3. The molecule has 0 amide bonds. The zero-order valence-corrected chi connectivity index (χ0v) is 24.0. The molecule has 0 aliphatic rings. The molecule has 0 fully saturated rings. The molecule has 11 heteroatoms. The lowest BCUT2D eigenvalue weighted by atomic mass is 10.1. The van der Waals surface area contributed by atoms with E-state index in [4.69, 9.17) is 15.0 Å². The van der Waals surface area contributed by atoms with Crippen molar-refractivity contribution in [2.45, 2.75) is 12.4 Å². The molecule has 0 radical (unpaired) electrons. The predicted octanol–water partition coefficient (Wildman–Crippen LogP) is 9.88. The van der Waals surface area contributed by atoms with E-state index in [1.54, 1.807) is 16.7 Å². The monoisotopic (exact) mass is 635 g/mol. The summed E-state index contributed by atoms with van der Waals surface area (Å²) in [6, 6.07) is 30.9. The number of nitriles is 1. The summed E-state index contributed by atoms with van der Waals surface area (Å²) in [6.45, 7) is 0. The molecule has 0 unspecified atom stereocenters. The minimum atomic E-state index is -4.73. The molecule has 7 aromatic rings. The molecule has 0 spiro atoms. The maximum absolute atomic E-state index is 13.8. The van der Waals surface area contributed by atoms with Crippen molar-refractivity contribution in [3.8, 4) is 45.9 Å². The number of aromatic nitrogens is 4. The van der Waals surface area contributed by atoms with E-state index in [-0.39, 0.29) is 33.2 Å². The van der Waals surface area contributed by atoms with E-state index in [1.165, 1.54) is 18.2 Å². The number of rotatable bonds is 4. The van der Waals surface area contributed by atoms with Crippen LogP contribution in [0.25, 0.3) is 61.7 Å². The summed E-state index contributed by atoms with van der Waals surface area (Å²) < 4.78 is 84.4. The first kappa shape index (κ1) is 29.7. The number of nitrogens with zero attached hydrogens (tertiary/aromatic N) is 5. The Morgan fingerprint density at radius 1 is 0.532 bits per heavy atom. The van der Waals surface area contributed by atoms with Gasteiger partial charge in [0, 0.05) is 27.5 Å². The Kier molecular flexibility index (Phi) is 7.01. The smallest absolute Gasteiger partial charge is 0.308 e. The molecule has 0 atom stereocenters. The topological polar surface area (TPSA) is 67.4 Å². The standard InChI is InChI=1S/C36H19F6N5/c37-35(38,39)24-12-15-29-26(18-24)27-19-25(36(40,41)42)13-16-30(27)47(29)31-14-11-21(20-43)17-28(31)34-45-32(22-7-3-1-4-8-22)44-33(46-34)23-9-5-2-6-10-23/h1-19H. The first-order chi connectivity index (χ1) is 22.5. The van der Waals surface area contributed by atoms with Crippen molar-refractivity contribution >= 4 is 21.8 Å². The molecule has 0 bridgehead atoms. The van der Waals surface area contributed by atoms with Gasteiger partial charge >= 0.3 is 12.4 Å². The Morgan fingerprint density at radius 3 is 1.45 bits per heavy atom. The van der Waals surface area contributed by atoms with Gasteiger partial charge in [0.2, 0.25) is 0 Å². The molecule has 2 heterocycles. The Hall–Kier alpha value is -6.02. The highest BCUT2D eigenvalue weighted by atomic mass is 19.4. The van der Waals surface area contributed by atoms with E-state index in [2.05, 4.69) is 6.07 Å². The highest BCUT2D eigenvalue weighted by molar-refractivity contribution is 6.10. The molecule has 0 aliphatic heterocycles. The molecule has 47 heavy (non-hydrogen) atoms. The first-order valence-corrected chi connectivity index (χ1v) is 14.2. The summed E-state index contributed by atoms with van der Waals surface area (Å²) in [4.78, 5) is 14.2. The van der Waals surface area contributed by atoms with Crippen molar-refractivity contribution in [1.29, 1.82) is 5.26 Å². The van der Waals surface area contributed by atoms with Gasteiger partial charge in [-0.1, -0.05) is 60.7 Å². The normalized spacial score (nSPS) is 12.0. The molecule has 0 saturated carbocycles. The lowest BCUT2D eigenvalue weighted by Crippen LogP contribution is -2.05. The summed E-state index contributed by atoms with van der Waals surface area (Å²) in [5.74, 6) is 0.808. The van der Waals surface area contributed by atoms with Crippen LogP contribution < -0.4 is 0 Å². The van der Waals surface area contributed by atoms with Gasteiger partial charge in [0.05, 0.1) is 39.5 Å². The van der Waals surface area contributed by atoms with Crippen LogP contribution in [0.15, 0.2) is 115 Å². The van der Waals surface area contributed by atoms with Crippen molar-refractivity contribution in [3.05, 3.63) is 132 Å². The number of alkyl halides is 6. The third-order valence-corrected chi connectivity index (χ3v) is 7.73. The highest BCUT2D eigenvalue weighted by Gasteiger charge is 2.33. The molecular weight excluding hydrogens is 616 g/mol. The van der Waals surface area contributed by atoms with Crippen LogP contribution in [0.5, 0.6) is 0 Å². The van der Waals surface area contributed by atoms with Gasteiger partial charge in [-0.15, -0.1) is 0 Å². The second-order valence-electron chi connectivity index (χ2n) is 10.7. The summed E-state index contributed by atoms with van der Waals surface area (Å²) in [5.41, 5.74) is 0.708. The minimum absolute atomic E-state index is 0.0261. The molecule has 7 rings (SSSR count). The molecule has 0 aliphatic carbocycles. The summed E-state index contributed by atoms with van der Waals surface area (Å²) in [7, 11) is 0. The Labute approximate surface area is 263 Å². The molecule has 0 N–H and O–H groups in total. The van der Waals surface area contributed by atoms with Gasteiger partial charge in [-0.25, -0.2) is 15.0 Å². The van der Waals surface area contributed by atoms with E-state index in [0.29, 0.717) is 34.0 Å². The summed E-state index contributed by atoms with van der Waals surface area (Å²) in [5, 5.41) is 9.78. The van der Waals surface area contributed by atoms with Crippen LogP contribution in [-0.2, 0) is 12.4 Å². The lowest BCUT2D eigenvalue weighted by molar-refractivity contribution is -0.138. The molecule has 5 nitrogen and oxygen atoms in total. The van der Waals surface area contributed by atoms with Gasteiger partial charge in [0.25, 0.3) is 0 Å². The van der Waals surface area contributed by atoms with Gasteiger partial charge in [-0.2, -0.15) is 31.6 Å². The largest absolute Gasteiger partial charge is 0.416 e. The molecule has 2 aromatic heterocycles. The van der Waals surface area contributed by atoms with Gasteiger partial charge in [0.1, 0.15) is 0 Å². The maximum Gasteiger partial charge on any atom is 0.416 e. The second-order valence-corrected chi connectivity index (χ2v) is 10.7. The number of halogens is 6. The van der Waals surface area contributed by atoms with Crippen LogP contribution >= 0.6 is 0 Å². The quantitative estimate of drug-likeness (QED) is 0.181. The molecule has 0 saturated heterocycles. The Bertz CT molecular complexity index is 2210. The van der Waals surface area contributed by atoms with Crippen LogP contribution in [0.2, 0.25) is 0 Å². The van der Waals surface area contributed by atoms with Crippen molar-refractivity contribution in [1.82, 2.24) is 19.5 Å². The van der Waals surface area contributed by atoms with Crippen LogP contribution in [0, 0.1) is 11.3 Å². The van der Waals surface area contributed by atoms with Gasteiger partial charge in [-0.3, -0.25) is 0 Å². The van der Waals surface area contributed by atoms with Crippen molar-refractivity contribution in [2.24, 2.45) is 0 Å². The summed E-state index contributed by atoms with van der Waals surface area (Å²) in [6.07, 6.45) is -9.45. The number of benzene rings is 5. The molecule has 5 aromatic carbocycles. The zero-order valence-electron chi connectivity index (χ0n) is 24.0. The fraction of sp³-hybridized carbons (Fsp3) is 0.0556. The fourth-order valence-corrected chi connectivity index (χ4v) is 5.54. The lowest BCUT2D eigenvalue weighted by Gasteiger charge is -2.15. The Morgan fingerprint density at radius 2 is 1.00 bits per heavy atom. The van der Waals surface area contributed by atoms with Crippen molar-refractivity contribution < 1.29 is 26.3 Å². The average Bonchev–Trinajstić information content (AvgIpc) is 3.41. The summed E-state index contributed by atoms with van der Waals surface area (Å²) >= 11 is 0. The first-order valence-electron chi connectivity index (χ1n) is 14.2. The third-order valence-electron chi connectivity index (χ3n) is 7.73. The van der Waals surface area contributed by atoms with E-state index >= 15 is 0 Å². The molecular formula is C36H19F6N5. The van der Waals surface area contributed by atoms with E-state index in [9.17, 15) is 31.6 Å². The number of hydrogen-bond donors (Lipinski definition) is 0. The SMILES string of the molecule is N#Cc1ccc(-n2c3ccc(C(F)(F)F)cc3c3cc(C(F)(F)F)ccc32)c(-c2nc(-c3ccccc3)nc(-c3ccccc3)n2)c1. The Balaban J connectivity index is 1.56. The maximum atomic E-state index is 13.8. The van der Waals surface area contributed by atoms with Crippen molar-refractivity contribution in [3.63, 3.8) is 0 Å². The molecule has 230 valence electrons. The van der Waals surface area contributed by atoms with E-state index in [1.807, 2.05) is 60.7 Å². The van der Waals surface area contributed by atoms with E-state index < -0.39 is 23.5 Å². The van der Waals surface area contributed by atoms with Crippen molar-refractivity contribution in [2.75, 3.05) is 0 Å². The van der Waals surface area contributed by atoms with E-state index in [0.717, 1.165) is 24.3 Å². The minimum Gasteiger partial charge on any atom is -0.308 e. The highest BCUT2D eigenvalue weighted by Crippen LogP contribution is 2.41. The third kappa shape index (κ3) is 5.44. The van der Waals surface area contributed by atoms with Crippen LogP contribution in [0.4, 0.5) is 26.3 Å².